The van der Waals surface area contributed by atoms with Crippen LogP contribution in [0.5, 0.6) is 0 Å². The molecule has 0 bridgehead atoms. The van der Waals surface area contributed by atoms with Crippen LogP contribution in [0.2, 0.25) is 0 Å². The summed E-state index contributed by atoms with van der Waals surface area (Å²) in [7, 11) is 0. The fraction of sp³-hybridized carbons (Fsp3) is 0.786. The summed E-state index contributed by atoms with van der Waals surface area (Å²) in [5.41, 5.74) is -0.702. The third-order valence-corrected chi connectivity index (χ3v) is 2.99. The van der Waals surface area contributed by atoms with E-state index in [0.29, 0.717) is 0 Å². The van der Waals surface area contributed by atoms with Gasteiger partial charge in [0.2, 0.25) is 0 Å². The van der Waals surface area contributed by atoms with E-state index in [2.05, 4.69) is 5.32 Å². The monoisotopic (exact) mass is 315 g/mol. The summed E-state index contributed by atoms with van der Waals surface area (Å²) < 4.78 is 5.22. The number of amides is 3. The molecule has 1 fully saturated rings. The number of nitrogens with one attached hydrogen (secondary N) is 1. The number of carboxylic acid groups (broad SMARTS) is 1. The van der Waals surface area contributed by atoms with Gasteiger partial charge in [-0.3, -0.25) is 4.90 Å². The van der Waals surface area contributed by atoms with Gasteiger partial charge in [0.05, 0.1) is 6.54 Å². The van der Waals surface area contributed by atoms with Gasteiger partial charge in [-0.1, -0.05) is 0 Å². The molecule has 0 aromatic heterocycles. The van der Waals surface area contributed by atoms with Gasteiger partial charge in [-0.2, -0.15) is 0 Å². The zero-order valence-corrected chi connectivity index (χ0v) is 13.8. The Kier molecular flexibility index (Phi) is 5.62. The van der Waals surface area contributed by atoms with Crippen molar-refractivity contribution in [1.29, 1.82) is 0 Å². The van der Waals surface area contributed by atoms with Crippen LogP contribution in [0.1, 0.15) is 34.6 Å². The van der Waals surface area contributed by atoms with Crippen LogP contribution in [0.25, 0.3) is 0 Å². The Balaban J connectivity index is 2.78. The first-order valence-corrected chi connectivity index (χ1v) is 7.29. The average molecular weight is 315 g/mol. The van der Waals surface area contributed by atoms with Crippen LogP contribution in [0.4, 0.5) is 9.59 Å². The Labute approximate surface area is 130 Å². The molecule has 1 saturated heterocycles. The highest BCUT2D eigenvalue weighted by atomic mass is 16.6. The first-order valence-electron chi connectivity index (χ1n) is 7.29. The Morgan fingerprint density at radius 1 is 1.23 bits per heavy atom. The molecule has 0 saturated carbocycles. The Morgan fingerprint density at radius 3 is 2.27 bits per heavy atom. The van der Waals surface area contributed by atoms with E-state index in [1.165, 1.54) is 4.90 Å². The van der Waals surface area contributed by atoms with E-state index in [1.807, 2.05) is 13.8 Å². The highest BCUT2D eigenvalue weighted by Crippen LogP contribution is 2.16. The van der Waals surface area contributed by atoms with Crippen LogP contribution < -0.4 is 5.32 Å². The molecule has 2 N–H and O–H groups in total. The summed E-state index contributed by atoms with van der Waals surface area (Å²) in [5, 5.41) is 12.0. The maximum absolute atomic E-state index is 12.1. The average Bonchev–Trinajstić information content (AvgIpc) is 2.35. The molecule has 0 spiro atoms. The standard InChI is InChI=1S/C14H25N3O5/c1-9(2)15-12(20)16-6-7-17(10(8-16)11(18)19)13(21)22-14(3,4)5/h9-10H,6-8H2,1-5H3,(H,15,20)(H,18,19). The number of hydrogen-bond acceptors (Lipinski definition) is 4. The van der Waals surface area contributed by atoms with Gasteiger partial charge in [-0.15, -0.1) is 0 Å². The molecule has 0 aromatic carbocycles. The zero-order chi connectivity index (χ0) is 17.1. The summed E-state index contributed by atoms with van der Waals surface area (Å²) in [6, 6.07) is -1.48. The fourth-order valence-electron chi connectivity index (χ4n) is 2.06. The lowest BCUT2D eigenvalue weighted by Crippen LogP contribution is -2.61. The third kappa shape index (κ3) is 5.09. The first kappa shape index (κ1) is 18.1. The Hall–Kier alpha value is -1.99. The summed E-state index contributed by atoms with van der Waals surface area (Å²) in [4.78, 5) is 38.1. The van der Waals surface area contributed by atoms with Crippen LogP contribution in [-0.4, -0.2) is 70.3 Å². The lowest BCUT2D eigenvalue weighted by Gasteiger charge is -2.39. The minimum absolute atomic E-state index is 0.0420. The van der Waals surface area contributed by atoms with Crippen molar-refractivity contribution in [3.63, 3.8) is 0 Å². The van der Waals surface area contributed by atoms with Gasteiger partial charge < -0.3 is 20.1 Å². The highest BCUT2D eigenvalue weighted by Gasteiger charge is 2.39. The van der Waals surface area contributed by atoms with E-state index < -0.39 is 23.7 Å². The van der Waals surface area contributed by atoms with Gasteiger partial charge in [0.15, 0.2) is 6.04 Å². The lowest BCUT2D eigenvalue weighted by molar-refractivity contribution is -0.145. The Morgan fingerprint density at radius 2 is 1.82 bits per heavy atom. The number of ether oxygens (including phenoxy) is 1. The van der Waals surface area contributed by atoms with Crippen molar-refractivity contribution >= 4 is 18.1 Å². The van der Waals surface area contributed by atoms with Crippen molar-refractivity contribution in [2.75, 3.05) is 19.6 Å². The number of carbonyl (C=O) groups is 3. The number of piperazine rings is 1. The van der Waals surface area contributed by atoms with Crippen LogP contribution in [0.15, 0.2) is 0 Å². The number of carbonyl (C=O) groups excluding carboxylic acids is 2. The van der Waals surface area contributed by atoms with E-state index in [1.54, 1.807) is 20.8 Å². The normalized spacial score (nSPS) is 19.1. The zero-order valence-electron chi connectivity index (χ0n) is 13.8. The van der Waals surface area contributed by atoms with Crippen molar-refractivity contribution in [3.05, 3.63) is 0 Å². The molecule has 0 aliphatic carbocycles. The third-order valence-electron chi connectivity index (χ3n) is 2.99. The van der Waals surface area contributed by atoms with Crippen molar-refractivity contribution in [3.8, 4) is 0 Å². The molecule has 1 unspecified atom stereocenters. The minimum Gasteiger partial charge on any atom is -0.480 e. The molecular formula is C14H25N3O5. The smallest absolute Gasteiger partial charge is 0.411 e. The molecule has 0 aromatic rings. The van der Waals surface area contributed by atoms with E-state index in [9.17, 15) is 19.5 Å². The van der Waals surface area contributed by atoms with Gasteiger partial charge in [0, 0.05) is 19.1 Å². The molecule has 1 atom stereocenters. The largest absolute Gasteiger partial charge is 0.480 e. The molecular weight excluding hydrogens is 290 g/mol. The molecule has 1 aliphatic heterocycles. The second-order valence-electron chi connectivity index (χ2n) is 6.58. The molecule has 8 heteroatoms. The summed E-state index contributed by atoms with van der Waals surface area (Å²) >= 11 is 0. The minimum atomic E-state index is -1.16. The van der Waals surface area contributed by atoms with Crippen LogP contribution >= 0.6 is 0 Å². The van der Waals surface area contributed by atoms with Gasteiger partial charge in [-0.05, 0) is 34.6 Å². The number of nitrogens with zero attached hydrogens (tertiary/aromatic N) is 2. The number of carboxylic acids is 1. The quantitative estimate of drug-likeness (QED) is 0.795. The van der Waals surface area contributed by atoms with Crippen molar-refractivity contribution in [1.82, 2.24) is 15.1 Å². The second-order valence-corrected chi connectivity index (χ2v) is 6.58. The van der Waals surface area contributed by atoms with Crippen molar-refractivity contribution < 1.29 is 24.2 Å². The van der Waals surface area contributed by atoms with Crippen LogP contribution in [0.3, 0.4) is 0 Å². The molecule has 22 heavy (non-hydrogen) atoms. The van der Waals surface area contributed by atoms with Gasteiger partial charge in [-0.25, -0.2) is 14.4 Å². The van der Waals surface area contributed by atoms with Gasteiger partial charge >= 0.3 is 18.1 Å². The molecule has 3 amide bonds. The SMILES string of the molecule is CC(C)NC(=O)N1CCN(C(=O)OC(C)(C)C)C(C(=O)O)C1. The van der Waals surface area contributed by atoms with Gasteiger partial charge in [0.1, 0.15) is 5.60 Å². The first-order chi connectivity index (χ1) is 10.0. The maximum Gasteiger partial charge on any atom is 0.411 e. The summed E-state index contributed by atoms with van der Waals surface area (Å²) in [6.07, 6.45) is -0.677. The number of urea groups is 1. The highest BCUT2D eigenvalue weighted by molar-refractivity contribution is 5.82. The predicted molar refractivity (Wildman–Crippen MR) is 79.6 cm³/mol. The van der Waals surface area contributed by atoms with Crippen LogP contribution in [0, 0.1) is 0 Å². The predicted octanol–water partition coefficient (Wildman–Crippen LogP) is 1.11. The summed E-state index contributed by atoms with van der Waals surface area (Å²) in [5.74, 6) is -1.16. The lowest BCUT2D eigenvalue weighted by atomic mass is 10.1. The molecule has 1 aliphatic rings. The van der Waals surface area contributed by atoms with Crippen molar-refractivity contribution in [2.45, 2.75) is 52.3 Å². The molecule has 1 heterocycles. The van der Waals surface area contributed by atoms with Crippen LogP contribution in [-0.2, 0) is 9.53 Å². The van der Waals surface area contributed by atoms with Gasteiger partial charge in [0.25, 0.3) is 0 Å². The van der Waals surface area contributed by atoms with E-state index in [4.69, 9.17) is 4.74 Å². The maximum atomic E-state index is 12.1. The number of aliphatic carboxylic acids is 1. The molecule has 126 valence electrons. The van der Waals surface area contributed by atoms with E-state index in [-0.39, 0.29) is 31.7 Å². The number of rotatable bonds is 2. The molecule has 1 rings (SSSR count). The molecule has 0 radical (unpaired) electrons. The van der Waals surface area contributed by atoms with E-state index >= 15 is 0 Å². The molecule has 8 nitrogen and oxygen atoms in total. The van der Waals surface area contributed by atoms with E-state index in [0.717, 1.165) is 4.90 Å². The van der Waals surface area contributed by atoms with Crippen molar-refractivity contribution in [2.24, 2.45) is 0 Å². The summed E-state index contributed by atoms with van der Waals surface area (Å²) in [6.45, 7) is 9.12. The number of hydrogen-bond donors (Lipinski definition) is 2. The second kappa shape index (κ2) is 6.85. The fourth-order valence-corrected chi connectivity index (χ4v) is 2.06. The topological polar surface area (TPSA) is 99.2 Å². The Bertz CT molecular complexity index is 444.